The summed E-state index contributed by atoms with van der Waals surface area (Å²) in [5.41, 5.74) is 4.97. The van der Waals surface area contributed by atoms with E-state index < -0.39 is 0 Å². The van der Waals surface area contributed by atoms with Crippen LogP contribution in [-0.2, 0) is 42.3 Å². The van der Waals surface area contributed by atoms with E-state index in [-0.39, 0.29) is 50.4 Å². The molecular weight excluding hydrogens is 271 g/mol. The average molecular weight is 289 g/mol. The quantitative estimate of drug-likeness (QED) is 0.450. The Morgan fingerprint density at radius 2 is 1.80 bits per heavy atom. The molecular formula is C9H18N3O2Y-. The Kier molecular flexibility index (Phi) is 12.0. The minimum absolute atomic E-state index is 0. The smallest absolute Gasteiger partial charge is 0.222 e. The van der Waals surface area contributed by atoms with E-state index in [2.05, 4.69) is 10.6 Å². The van der Waals surface area contributed by atoms with Crippen molar-refractivity contribution < 1.29 is 42.3 Å². The van der Waals surface area contributed by atoms with Crippen LogP contribution in [0.3, 0.4) is 0 Å². The molecule has 0 spiro atoms. The first kappa shape index (κ1) is 17.3. The molecule has 5 nitrogen and oxygen atoms in total. The summed E-state index contributed by atoms with van der Waals surface area (Å²) in [7, 11) is 0. The van der Waals surface area contributed by atoms with Gasteiger partial charge in [0.2, 0.25) is 5.91 Å². The molecule has 0 saturated carbocycles. The summed E-state index contributed by atoms with van der Waals surface area (Å²) in [4.78, 5) is 21.7. The summed E-state index contributed by atoms with van der Waals surface area (Å²) in [5, 5.41) is 5.31. The summed E-state index contributed by atoms with van der Waals surface area (Å²) < 4.78 is 0. The van der Waals surface area contributed by atoms with Crippen molar-refractivity contribution in [3.63, 3.8) is 0 Å². The Balaban J connectivity index is 0. The normalized spacial score (nSPS) is 9.07. The van der Waals surface area contributed by atoms with Gasteiger partial charge in [-0.3, -0.25) is 4.79 Å². The summed E-state index contributed by atoms with van der Waals surface area (Å²) in [5.74, 6) is -0.260. The zero-order valence-electron chi connectivity index (χ0n) is 9.25. The molecule has 1 radical (unpaired) electrons. The van der Waals surface area contributed by atoms with Crippen molar-refractivity contribution in [3.8, 4) is 0 Å². The van der Waals surface area contributed by atoms with Crippen molar-refractivity contribution >= 4 is 11.8 Å². The van der Waals surface area contributed by atoms with Gasteiger partial charge in [-0.25, -0.2) is 6.54 Å². The Morgan fingerprint density at radius 1 is 1.27 bits per heavy atom. The first-order valence-corrected chi connectivity index (χ1v) is 4.68. The van der Waals surface area contributed by atoms with E-state index in [0.29, 0.717) is 19.5 Å². The number of hydrogen-bond acceptors (Lipinski definition) is 3. The van der Waals surface area contributed by atoms with E-state index in [4.69, 9.17) is 5.73 Å². The van der Waals surface area contributed by atoms with Crippen molar-refractivity contribution in [2.24, 2.45) is 11.7 Å². The van der Waals surface area contributed by atoms with Crippen molar-refractivity contribution in [1.82, 2.24) is 10.6 Å². The largest absolute Gasteiger partial charge is 0.460 e. The average Bonchev–Trinajstić information content (AvgIpc) is 2.16. The van der Waals surface area contributed by atoms with Gasteiger partial charge in [-0.05, 0) is 6.42 Å². The van der Waals surface area contributed by atoms with E-state index in [1.54, 1.807) is 0 Å². The molecule has 4 N–H and O–H groups in total. The minimum atomic E-state index is -0.291. The molecule has 0 rings (SSSR count). The predicted octanol–water partition coefficient (Wildman–Crippen LogP) is -0.617. The molecule has 0 aromatic heterocycles. The second-order valence-electron chi connectivity index (χ2n) is 3.26. The van der Waals surface area contributed by atoms with Gasteiger partial charge < -0.3 is 21.2 Å². The number of rotatable bonds is 6. The maximum atomic E-state index is 11.1. The Labute approximate surface area is 116 Å². The van der Waals surface area contributed by atoms with Crippen LogP contribution in [0.15, 0.2) is 0 Å². The molecule has 6 heteroatoms. The zero-order valence-corrected chi connectivity index (χ0v) is 12.1. The summed E-state index contributed by atoms with van der Waals surface area (Å²) >= 11 is 0. The number of nitrogens with two attached hydrogens (primary N) is 1. The van der Waals surface area contributed by atoms with Gasteiger partial charge in [-0.15, -0.1) is 0 Å². The van der Waals surface area contributed by atoms with Gasteiger partial charge in [0.15, 0.2) is 0 Å². The fraction of sp³-hybridized carbons (Fsp3) is 0.667. The van der Waals surface area contributed by atoms with E-state index in [1.165, 1.54) is 0 Å². The molecule has 0 saturated heterocycles. The van der Waals surface area contributed by atoms with Crippen LogP contribution < -0.4 is 16.4 Å². The summed E-state index contributed by atoms with van der Waals surface area (Å²) in [6.07, 6.45) is 0.706. The van der Waals surface area contributed by atoms with Crippen LogP contribution in [0, 0.1) is 12.5 Å². The van der Waals surface area contributed by atoms with Crippen LogP contribution in [0.25, 0.3) is 0 Å². The molecule has 0 unspecified atom stereocenters. The fourth-order valence-corrected chi connectivity index (χ4v) is 0.775. The number of carbonyl (C=O) groups excluding carboxylic acids is 2. The first-order valence-electron chi connectivity index (χ1n) is 4.68. The monoisotopic (exact) mass is 289 g/mol. The number of hydrogen-bond donors (Lipinski definition) is 3. The van der Waals surface area contributed by atoms with Crippen LogP contribution in [0.2, 0.25) is 0 Å². The topological polar surface area (TPSA) is 84.2 Å². The van der Waals surface area contributed by atoms with Gasteiger partial charge in [-0.1, -0.05) is 13.8 Å². The SMILES string of the molecule is CC(C)C(=O)NCCCNC(=O)[CH-]N.[Y]. The molecule has 0 bridgehead atoms. The van der Waals surface area contributed by atoms with Gasteiger partial charge in [0.1, 0.15) is 0 Å². The van der Waals surface area contributed by atoms with Crippen LogP contribution in [0.1, 0.15) is 20.3 Å². The van der Waals surface area contributed by atoms with Gasteiger partial charge in [0.25, 0.3) is 0 Å². The van der Waals surface area contributed by atoms with Crippen LogP contribution in [0.4, 0.5) is 0 Å². The molecule has 0 aliphatic rings. The van der Waals surface area contributed by atoms with Crippen molar-refractivity contribution in [1.29, 1.82) is 0 Å². The molecule has 15 heavy (non-hydrogen) atoms. The van der Waals surface area contributed by atoms with Crippen molar-refractivity contribution in [2.45, 2.75) is 20.3 Å². The van der Waals surface area contributed by atoms with Crippen LogP contribution >= 0.6 is 0 Å². The molecule has 0 fully saturated rings. The van der Waals surface area contributed by atoms with Gasteiger partial charge in [0.05, 0.1) is 5.91 Å². The number of carbonyl (C=O) groups is 2. The first-order chi connectivity index (χ1) is 6.57. The zero-order chi connectivity index (χ0) is 11.0. The molecule has 0 aliphatic carbocycles. The Hall–Kier alpha value is -0.126. The Morgan fingerprint density at radius 3 is 2.27 bits per heavy atom. The summed E-state index contributed by atoms with van der Waals surface area (Å²) in [6.45, 7) is 5.74. The predicted molar refractivity (Wildman–Crippen MR) is 54.0 cm³/mol. The maximum absolute atomic E-state index is 11.1. The third-order valence-electron chi connectivity index (χ3n) is 1.63. The third-order valence-corrected chi connectivity index (χ3v) is 1.63. The summed E-state index contributed by atoms with van der Waals surface area (Å²) in [6, 6.07) is 0. The molecule has 0 aromatic rings. The van der Waals surface area contributed by atoms with Gasteiger partial charge in [-0.2, -0.15) is 0 Å². The molecule has 0 heterocycles. The van der Waals surface area contributed by atoms with Crippen LogP contribution in [0.5, 0.6) is 0 Å². The van der Waals surface area contributed by atoms with Crippen molar-refractivity contribution in [3.05, 3.63) is 6.54 Å². The Bertz CT molecular complexity index is 198. The second kappa shape index (κ2) is 10.4. The third kappa shape index (κ3) is 10.2. The molecule has 0 aromatic carbocycles. The second-order valence-corrected chi connectivity index (χ2v) is 3.26. The standard InChI is InChI=1S/C9H18N3O2.Y/c1-7(2)9(14)12-5-3-4-11-8(13)6-10;/h6-7H,3-5,10H2,1-2H3,(H,11,13)(H,12,14);/q-1;. The van der Waals surface area contributed by atoms with E-state index in [0.717, 1.165) is 6.54 Å². The van der Waals surface area contributed by atoms with Gasteiger partial charge in [0, 0.05) is 51.7 Å². The van der Waals surface area contributed by atoms with Crippen LogP contribution in [-0.4, -0.2) is 24.9 Å². The van der Waals surface area contributed by atoms with E-state index >= 15 is 0 Å². The molecule has 0 atom stereocenters. The van der Waals surface area contributed by atoms with E-state index in [9.17, 15) is 9.59 Å². The molecule has 2 amide bonds. The van der Waals surface area contributed by atoms with Crippen molar-refractivity contribution in [2.75, 3.05) is 13.1 Å². The number of nitrogens with one attached hydrogen (secondary N) is 2. The molecule has 85 valence electrons. The molecule has 0 aliphatic heterocycles. The minimum Gasteiger partial charge on any atom is -0.460 e. The number of amides is 2. The van der Waals surface area contributed by atoms with Gasteiger partial charge >= 0.3 is 0 Å². The maximum Gasteiger partial charge on any atom is 0.222 e. The fourth-order valence-electron chi connectivity index (χ4n) is 0.775. The van der Waals surface area contributed by atoms with E-state index in [1.807, 2.05) is 13.8 Å².